The van der Waals surface area contributed by atoms with E-state index in [0.29, 0.717) is 0 Å². The zero-order valence-electron chi connectivity index (χ0n) is 15.1. The summed E-state index contributed by atoms with van der Waals surface area (Å²) in [7, 11) is 0. The largest absolute Gasteiger partial charge is 0.445 e. The van der Waals surface area contributed by atoms with Crippen molar-refractivity contribution in [1.29, 1.82) is 0 Å². The molecule has 1 aromatic rings. The molecule has 0 aliphatic carbocycles. The van der Waals surface area contributed by atoms with Gasteiger partial charge in [-0.2, -0.15) is 0 Å². The first-order valence-corrected chi connectivity index (χ1v) is 8.22. The van der Waals surface area contributed by atoms with Crippen LogP contribution in [0.2, 0.25) is 0 Å². The lowest BCUT2D eigenvalue weighted by Crippen LogP contribution is -2.59. The van der Waals surface area contributed by atoms with Crippen LogP contribution in [0, 0.1) is 5.92 Å². The molecule has 3 amide bonds. The van der Waals surface area contributed by atoms with E-state index < -0.39 is 36.1 Å². The van der Waals surface area contributed by atoms with Crippen molar-refractivity contribution in [3.05, 3.63) is 35.9 Å². The Morgan fingerprint density at radius 2 is 1.65 bits per heavy atom. The monoisotopic (exact) mass is 366 g/mol. The van der Waals surface area contributed by atoms with Crippen LogP contribution in [0.25, 0.3) is 0 Å². The van der Waals surface area contributed by atoms with Crippen molar-refractivity contribution in [2.24, 2.45) is 11.8 Å². The molecule has 0 bridgehead atoms. The Kier molecular flexibility index (Phi) is 8.53. The zero-order chi connectivity index (χ0) is 19.7. The molecule has 0 aliphatic heterocycles. The summed E-state index contributed by atoms with van der Waals surface area (Å²) in [4.78, 5) is 36.0. The second-order valence-corrected chi connectivity index (χ2v) is 6.16. The number of ether oxygens (including phenoxy) is 1. The number of carbonyl (C=O) groups is 3. The molecule has 0 aromatic heterocycles. The highest BCUT2D eigenvalue weighted by Crippen LogP contribution is 2.06. The molecular formula is C17H26N4O5. The lowest BCUT2D eigenvalue weighted by molar-refractivity contribution is -0.133. The van der Waals surface area contributed by atoms with E-state index in [1.165, 1.54) is 6.92 Å². The van der Waals surface area contributed by atoms with E-state index in [-0.39, 0.29) is 12.5 Å². The number of amides is 3. The van der Waals surface area contributed by atoms with Crippen molar-refractivity contribution in [3.63, 3.8) is 0 Å². The van der Waals surface area contributed by atoms with E-state index in [0.717, 1.165) is 5.56 Å². The highest BCUT2D eigenvalue weighted by Gasteiger charge is 2.31. The van der Waals surface area contributed by atoms with Gasteiger partial charge in [-0.05, 0) is 18.4 Å². The predicted octanol–water partition coefficient (Wildman–Crippen LogP) is -0.207. The molecule has 0 saturated heterocycles. The number of nitrogens with two attached hydrogens (primary N) is 1. The van der Waals surface area contributed by atoms with Gasteiger partial charge >= 0.3 is 6.09 Å². The first kappa shape index (κ1) is 21.4. The minimum Gasteiger partial charge on any atom is -0.445 e. The minimum atomic E-state index is -1.24. The third-order valence-corrected chi connectivity index (χ3v) is 3.64. The molecule has 26 heavy (non-hydrogen) atoms. The molecule has 2 unspecified atom stereocenters. The Hall–Kier alpha value is -2.65. The van der Waals surface area contributed by atoms with E-state index in [4.69, 9.17) is 10.6 Å². The summed E-state index contributed by atoms with van der Waals surface area (Å²) in [6, 6.07) is 6.90. The molecule has 0 fully saturated rings. The van der Waals surface area contributed by atoms with E-state index in [1.54, 1.807) is 26.0 Å². The van der Waals surface area contributed by atoms with Gasteiger partial charge in [0.15, 0.2) is 0 Å². The lowest BCUT2D eigenvalue weighted by atomic mass is 10.0. The smallest absolute Gasteiger partial charge is 0.408 e. The fourth-order valence-corrected chi connectivity index (χ4v) is 2.16. The lowest BCUT2D eigenvalue weighted by Gasteiger charge is -2.25. The maximum absolute atomic E-state index is 12.4. The molecule has 9 nitrogen and oxygen atoms in total. The molecule has 0 heterocycles. The first-order chi connectivity index (χ1) is 12.3. The fourth-order valence-electron chi connectivity index (χ4n) is 2.16. The summed E-state index contributed by atoms with van der Waals surface area (Å²) in [5.41, 5.74) is 2.68. The average molecular weight is 366 g/mol. The van der Waals surface area contributed by atoms with Crippen LogP contribution in [0.4, 0.5) is 4.79 Å². The number of carbonyl (C=O) groups excluding carboxylic acids is 3. The zero-order valence-corrected chi connectivity index (χ0v) is 15.1. The Bertz CT molecular complexity index is 606. The maximum Gasteiger partial charge on any atom is 0.408 e. The number of aliphatic hydroxyl groups is 1. The van der Waals surface area contributed by atoms with Gasteiger partial charge < -0.3 is 20.5 Å². The van der Waals surface area contributed by atoms with Crippen LogP contribution < -0.4 is 21.9 Å². The molecule has 0 radical (unpaired) electrons. The van der Waals surface area contributed by atoms with Gasteiger partial charge in [-0.3, -0.25) is 15.0 Å². The first-order valence-electron chi connectivity index (χ1n) is 8.22. The normalized spacial score (nSPS) is 14.1. The number of nitrogens with one attached hydrogen (secondary N) is 3. The molecule has 9 heteroatoms. The number of hydrogen-bond acceptors (Lipinski definition) is 6. The van der Waals surface area contributed by atoms with Gasteiger partial charge in [0.1, 0.15) is 18.7 Å². The number of rotatable bonds is 8. The second kappa shape index (κ2) is 10.4. The summed E-state index contributed by atoms with van der Waals surface area (Å²) in [6.07, 6.45) is -1.93. The summed E-state index contributed by atoms with van der Waals surface area (Å²) in [6.45, 7) is 4.85. The Morgan fingerprint density at radius 1 is 1.04 bits per heavy atom. The van der Waals surface area contributed by atoms with Crippen molar-refractivity contribution in [2.75, 3.05) is 0 Å². The van der Waals surface area contributed by atoms with Gasteiger partial charge in [-0.15, -0.1) is 0 Å². The van der Waals surface area contributed by atoms with Crippen LogP contribution in [0.5, 0.6) is 0 Å². The van der Waals surface area contributed by atoms with Crippen LogP contribution in [0.15, 0.2) is 30.3 Å². The molecule has 0 saturated carbocycles. The van der Waals surface area contributed by atoms with Gasteiger partial charge in [0.2, 0.25) is 5.91 Å². The van der Waals surface area contributed by atoms with Crippen LogP contribution in [0.3, 0.4) is 0 Å². The number of alkyl carbamates (subject to hydrolysis) is 1. The highest BCUT2D eigenvalue weighted by atomic mass is 16.5. The fraction of sp³-hybridized carbons (Fsp3) is 0.471. The Labute approximate surface area is 152 Å². The molecule has 3 atom stereocenters. The summed E-state index contributed by atoms with van der Waals surface area (Å²) in [5, 5.41) is 14.5. The summed E-state index contributed by atoms with van der Waals surface area (Å²) in [5.74, 6) is 3.38. The second-order valence-electron chi connectivity index (χ2n) is 6.16. The maximum atomic E-state index is 12.4. The highest BCUT2D eigenvalue weighted by molar-refractivity contribution is 5.91. The number of hydrazine groups is 1. The van der Waals surface area contributed by atoms with Crippen LogP contribution in [-0.2, 0) is 20.9 Å². The van der Waals surface area contributed by atoms with Crippen LogP contribution >= 0.6 is 0 Å². The molecule has 0 spiro atoms. The van der Waals surface area contributed by atoms with Crippen molar-refractivity contribution >= 4 is 17.9 Å². The van der Waals surface area contributed by atoms with Gasteiger partial charge in [0.05, 0.1) is 6.10 Å². The summed E-state index contributed by atoms with van der Waals surface area (Å²) >= 11 is 0. The third kappa shape index (κ3) is 6.69. The number of aliphatic hydroxyl groups excluding tert-OH is 1. The van der Waals surface area contributed by atoms with Crippen molar-refractivity contribution < 1.29 is 24.2 Å². The van der Waals surface area contributed by atoms with Gasteiger partial charge in [0, 0.05) is 0 Å². The SMILES string of the molecule is CC(C)C(NC(=O)OCc1ccccc1)C(=O)NC(C(=O)NN)[C@@H](C)O. The van der Waals surface area contributed by atoms with E-state index in [2.05, 4.69) is 10.6 Å². The van der Waals surface area contributed by atoms with Crippen LogP contribution in [0.1, 0.15) is 26.3 Å². The number of benzene rings is 1. The Morgan fingerprint density at radius 3 is 2.15 bits per heavy atom. The third-order valence-electron chi connectivity index (χ3n) is 3.64. The summed E-state index contributed by atoms with van der Waals surface area (Å²) < 4.78 is 5.10. The van der Waals surface area contributed by atoms with E-state index >= 15 is 0 Å². The average Bonchev–Trinajstić information content (AvgIpc) is 2.61. The minimum absolute atomic E-state index is 0.0605. The van der Waals surface area contributed by atoms with E-state index in [1.807, 2.05) is 23.6 Å². The van der Waals surface area contributed by atoms with Gasteiger partial charge in [-0.25, -0.2) is 10.6 Å². The standard InChI is InChI=1S/C17H26N4O5/c1-10(2)13(15(23)19-14(11(3)22)16(24)21-18)20-17(25)26-9-12-7-5-4-6-8-12/h4-8,10-11,13-14,22H,9,18H2,1-3H3,(H,19,23)(H,20,25)(H,21,24)/t11-,13?,14?/m1/s1. The van der Waals surface area contributed by atoms with Crippen molar-refractivity contribution in [3.8, 4) is 0 Å². The number of hydrogen-bond donors (Lipinski definition) is 5. The molecule has 1 rings (SSSR count). The molecule has 144 valence electrons. The molecule has 6 N–H and O–H groups in total. The molecule has 0 aliphatic rings. The van der Waals surface area contributed by atoms with Crippen molar-refractivity contribution in [2.45, 2.75) is 45.6 Å². The van der Waals surface area contributed by atoms with Crippen molar-refractivity contribution in [1.82, 2.24) is 16.1 Å². The van der Waals surface area contributed by atoms with Crippen LogP contribution in [-0.4, -0.2) is 41.2 Å². The topological polar surface area (TPSA) is 143 Å². The molecule has 1 aromatic carbocycles. The quantitative estimate of drug-likeness (QED) is 0.245. The Balaban J connectivity index is 2.67. The predicted molar refractivity (Wildman–Crippen MR) is 94.3 cm³/mol. The van der Waals surface area contributed by atoms with Gasteiger partial charge in [-0.1, -0.05) is 44.2 Å². The molecular weight excluding hydrogens is 340 g/mol. The van der Waals surface area contributed by atoms with E-state index in [9.17, 15) is 19.5 Å². The van der Waals surface area contributed by atoms with Gasteiger partial charge in [0.25, 0.3) is 5.91 Å².